The highest BCUT2D eigenvalue weighted by Crippen LogP contribution is 2.22. The SMILES string of the molecule is CC(CCNCc1sccc1Br)S(C)=O. The van der Waals surface area contributed by atoms with E-state index >= 15 is 0 Å². The maximum Gasteiger partial charge on any atom is 0.0329 e. The van der Waals surface area contributed by atoms with E-state index in [1.165, 1.54) is 9.35 Å². The minimum Gasteiger partial charge on any atom is -0.312 e. The second-order valence-electron chi connectivity index (χ2n) is 3.47. The molecule has 86 valence electrons. The van der Waals surface area contributed by atoms with Gasteiger partial charge in [0.05, 0.1) is 0 Å². The molecular weight excluding hydrogens is 294 g/mol. The van der Waals surface area contributed by atoms with Gasteiger partial charge in [0.25, 0.3) is 0 Å². The molecule has 0 aliphatic carbocycles. The van der Waals surface area contributed by atoms with Gasteiger partial charge in [0.15, 0.2) is 0 Å². The molecule has 0 aliphatic rings. The van der Waals surface area contributed by atoms with Gasteiger partial charge in [-0.15, -0.1) is 11.3 Å². The van der Waals surface area contributed by atoms with Crippen LogP contribution in [0.25, 0.3) is 0 Å². The van der Waals surface area contributed by atoms with E-state index in [-0.39, 0.29) is 5.25 Å². The van der Waals surface area contributed by atoms with Gasteiger partial charge in [-0.25, -0.2) is 0 Å². The van der Waals surface area contributed by atoms with Crippen LogP contribution in [-0.2, 0) is 17.3 Å². The van der Waals surface area contributed by atoms with Crippen molar-refractivity contribution in [3.8, 4) is 0 Å². The van der Waals surface area contributed by atoms with E-state index < -0.39 is 10.8 Å². The lowest BCUT2D eigenvalue weighted by Gasteiger charge is -2.08. The van der Waals surface area contributed by atoms with Gasteiger partial charge in [-0.3, -0.25) is 4.21 Å². The van der Waals surface area contributed by atoms with Crippen LogP contribution < -0.4 is 5.32 Å². The molecule has 1 rings (SSSR count). The molecule has 0 aliphatic heterocycles. The van der Waals surface area contributed by atoms with Gasteiger partial charge in [-0.2, -0.15) is 0 Å². The van der Waals surface area contributed by atoms with Crippen molar-refractivity contribution in [1.82, 2.24) is 5.32 Å². The van der Waals surface area contributed by atoms with E-state index in [0.29, 0.717) is 0 Å². The molecule has 1 aromatic heterocycles. The summed E-state index contributed by atoms with van der Waals surface area (Å²) < 4.78 is 12.3. The molecule has 15 heavy (non-hydrogen) atoms. The predicted octanol–water partition coefficient (Wildman–Crippen LogP) is 2.76. The fourth-order valence-corrected chi connectivity index (χ4v) is 3.04. The number of rotatable bonds is 6. The molecule has 2 atom stereocenters. The molecule has 0 saturated carbocycles. The van der Waals surface area contributed by atoms with Crippen LogP contribution in [0.3, 0.4) is 0 Å². The van der Waals surface area contributed by atoms with Crippen LogP contribution >= 0.6 is 27.3 Å². The molecular formula is C10H16BrNOS2. The topological polar surface area (TPSA) is 29.1 Å². The Labute approximate surface area is 106 Å². The molecule has 1 N–H and O–H groups in total. The number of nitrogens with one attached hydrogen (secondary N) is 1. The fraction of sp³-hybridized carbons (Fsp3) is 0.600. The Balaban J connectivity index is 2.17. The van der Waals surface area contributed by atoms with Crippen molar-refractivity contribution >= 4 is 38.1 Å². The van der Waals surface area contributed by atoms with Crippen LogP contribution in [0.4, 0.5) is 0 Å². The number of thiophene rings is 1. The normalized spacial score (nSPS) is 15.1. The second kappa shape index (κ2) is 6.78. The molecule has 0 amide bonds. The summed E-state index contributed by atoms with van der Waals surface area (Å²) >= 11 is 5.24. The molecule has 0 bridgehead atoms. The molecule has 0 radical (unpaired) electrons. The van der Waals surface area contributed by atoms with Crippen molar-refractivity contribution in [1.29, 1.82) is 0 Å². The maximum absolute atomic E-state index is 11.1. The van der Waals surface area contributed by atoms with Crippen LogP contribution in [0.5, 0.6) is 0 Å². The van der Waals surface area contributed by atoms with Crippen molar-refractivity contribution in [3.05, 3.63) is 20.8 Å². The zero-order chi connectivity index (χ0) is 11.3. The monoisotopic (exact) mass is 309 g/mol. The average molecular weight is 310 g/mol. The third-order valence-electron chi connectivity index (χ3n) is 2.27. The van der Waals surface area contributed by atoms with Gasteiger partial charge < -0.3 is 5.32 Å². The lowest BCUT2D eigenvalue weighted by molar-refractivity contribution is 0.631. The summed E-state index contributed by atoms with van der Waals surface area (Å²) in [6, 6.07) is 2.06. The molecule has 0 aromatic carbocycles. The third-order valence-corrected chi connectivity index (χ3v) is 5.57. The highest BCUT2D eigenvalue weighted by Gasteiger charge is 2.05. The highest BCUT2D eigenvalue weighted by atomic mass is 79.9. The summed E-state index contributed by atoms with van der Waals surface area (Å²) in [4.78, 5) is 1.32. The quantitative estimate of drug-likeness (QED) is 0.819. The van der Waals surface area contributed by atoms with Gasteiger partial charge >= 0.3 is 0 Å². The number of halogens is 1. The van der Waals surface area contributed by atoms with Gasteiger partial charge in [0, 0.05) is 38.2 Å². The second-order valence-corrected chi connectivity index (χ2v) is 7.12. The summed E-state index contributed by atoms with van der Waals surface area (Å²) in [5.74, 6) is 0. The Kier molecular flexibility index (Phi) is 6.04. The zero-order valence-corrected chi connectivity index (χ0v) is 12.2. The van der Waals surface area contributed by atoms with Crippen LogP contribution in [0.2, 0.25) is 0 Å². The summed E-state index contributed by atoms with van der Waals surface area (Å²) in [5.41, 5.74) is 0. The van der Waals surface area contributed by atoms with E-state index in [9.17, 15) is 4.21 Å². The summed E-state index contributed by atoms with van der Waals surface area (Å²) in [6.45, 7) is 3.84. The van der Waals surface area contributed by atoms with Crippen LogP contribution in [0, 0.1) is 0 Å². The van der Waals surface area contributed by atoms with Crippen molar-refractivity contribution < 1.29 is 4.21 Å². The van der Waals surface area contributed by atoms with E-state index in [2.05, 4.69) is 32.7 Å². The number of hydrogen-bond acceptors (Lipinski definition) is 3. The first-order chi connectivity index (χ1) is 7.11. The first kappa shape index (κ1) is 13.4. The fourth-order valence-electron chi connectivity index (χ4n) is 1.12. The predicted molar refractivity (Wildman–Crippen MR) is 71.9 cm³/mol. The van der Waals surface area contributed by atoms with E-state index in [0.717, 1.165) is 19.5 Å². The Morgan fingerprint density at radius 2 is 2.40 bits per heavy atom. The Morgan fingerprint density at radius 3 is 2.93 bits per heavy atom. The van der Waals surface area contributed by atoms with Crippen LogP contribution in [-0.4, -0.2) is 22.3 Å². The maximum atomic E-state index is 11.1. The summed E-state index contributed by atoms with van der Waals surface area (Å²) in [5, 5.41) is 5.72. The van der Waals surface area contributed by atoms with E-state index in [4.69, 9.17) is 0 Å². The molecule has 1 aromatic rings. The standard InChI is InChI=1S/C10H16BrNOS2/c1-8(15(2)13)3-5-12-7-10-9(11)4-6-14-10/h4,6,8,12H,3,5,7H2,1-2H3. The summed E-state index contributed by atoms with van der Waals surface area (Å²) in [6.07, 6.45) is 2.73. The first-order valence-electron chi connectivity index (χ1n) is 4.86. The highest BCUT2D eigenvalue weighted by molar-refractivity contribution is 9.10. The average Bonchev–Trinajstić information content (AvgIpc) is 2.58. The molecule has 0 fully saturated rings. The molecule has 1 heterocycles. The third kappa shape index (κ3) is 4.76. The van der Waals surface area contributed by atoms with Crippen LogP contribution in [0.1, 0.15) is 18.2 Å². The minimum absolute atomic E-state index is 0.282. The molecule has 2 nitrogen and oxygen atoms in total. The molecule has 0 saturated heterocycles. The van der Waals surface area contributed by atoms with Gasteiger partial charge in [-0.05, 0) is 40.3 Å². The van der Waals surface area contributed by atoms with Gasteiger partial charge in [0.2, 0.25) is 0 Å². The molecule has 2 unspecified atom stereocenters. The van der Waals surface area contributed by atoms with Crippen molar-refractivity contribution in [2.45, 2.75) is 25.1 Å². The smallest absolute Gasteiger partial charge is 0.0329 e. The Hall–Kier alpha value is 0.290. The van der Waals surface area contributed by atoms with Gasteiger partial charge in [0.1, 0.15) is 0 Å². The van der Waals surface area contributed by atoms with Gasteiger partial charge in [-0.1, -0.05) is 6.92 Å². The largest absolute Gasteiger partial charge is 0.312 e. The lowest BCUT2D eigenvalue weighted by atomic mass is 10.3. The lowest BCUT2D eigenvalue weighted by Crippen LogP contribution is -2.20. The van der Waals surface area contributed by atoms with Crippen LogP contribution in [0.15, 0.2) is 15.9 Å². The molecule has 5 heteroatoms. The van der Waals surface area contributed by atoms with Crippen molar-refractivity contribution in [3.63, 3.8) is 0 Å². The van der Waals surface area contributed by atoms with E-state index in [1.807, 2.05) is 6.92 Å². The Bertz CT molecular complexity index is 327. The van der Waals surface area contributed by atoms with E-state index in [1.54, 1.807) is 17.6 Å². The minimum atomic E-state index is -0.702. The zero-order valence-electron chi connectivity index (χ0n) is 8.96. The molecule has 0 spiro atoms. The number of hydrogen-bond donors (Lipinski definition) is 1. The summed E-state index contributed by atoms with van der Waals surface area (Å²) in [7, 11) is -0.702. The first-order valence-corrected chi connectivity index (χ1v) is 8.15. The van der Waals surface area contributed by atoms with Crippen molar-refractivity contribution in [2.24, 2.45) is 0 Å². The van der Waals surface area contributed by atoms with Crippen molar-refractivity contribution in [2.75, 3.05) is 12.8 Å². The Morgan fingerprint density at radius 1 is 1.67 bits per heavy atom.